The van der Waals surface area contributed by atoms with Crippen LogP contribution in [0.25, 0.3) is 6.08 Å². The minimum Gasteiger partial charge on any atom is -0.495 e. The van der Waals surface area contributed by atoms with Gasteiger partial charge in [-0.1, -0.05) is 40.2 Å². The molecule has 0 atom stereocenters. The molecule has 2 aromatic carbocycles. The number of hydrogen-bond acceptors (Lipinski definition) is 5. The average molecular weight is 419 g/mol. The van der Waals surface area contributed by atoms with Crippen LogP contribution >= 0.6 is 27.7 Å². The molecule has 3 rings (SSSR count). The quantitative estimate of drug-likeness (QED) is 0.720. The number of imide groups is 1. The van der Waals surface area contributed by atoms with Crippen LogP contribution in [0.4, 0.5) is 10.5 Å². The number of amides is 2. The predicted molar refractivity (Wildman–Crippen MR) is 103 cm³/mol. The van der Waals surface area contributed by atoms with Gasteiger partial charge in [0.2, 0.25) is 0 Å². The van der Waals surface area contributed by atoms with Crippen molar-refractivity contribution in [2.45, 2.75) is 0 Å². The molecule has 2 aromatic rings. The van der Waals surface area contributed by atoms with Crippen LogP contribution in [0.1, 0.15) is 5.56 Å². The molecule has 1 saturated heterocycles. The molecule has 128 valence electrons. The largest absolute Gasteiger partial charge is 0.495 e. The first-order valence-electron chi connectivity index (χ1n) is 7.46. The number of hydrogen-bond donors (Lipinski definition) is 1. The van der Waals surface area contributed by atoms with Crippen molar-refractivity contribution < 1.29 is 14.3 Å². The van der Waals surface area contributed by atoms with Gasteiger partial charge < -0.3 is 10.1 Å². The summed E-state index contributed by atoms with van der Waals surface area (Å²) in [4.78, 5) is 26.3. The molecule has 0 saturated carbocycles. The van der Waals surface area contributed by atoms with Gasteiger partial charge in [0.05, 0.1) is 24.4 Å². The summed E-state index contributed by atoms with van der Waals surface area (Å²) in [6, 6.07) is 14.9. The zero-order valence-corrected chi connectivity index (χ0v) is 15.8. The zero-order chi connectivity index (χ0) is 17.8. The summed E-state index contributed by atoms with van der Waals surface area (Å²) < 4.78 is 6.21. The summed E-state index contributed by atoms with van der Waals surface area (Å²) in [6.45, 7) is 0.0860. The molecule has 2 amide bonds. The van der Waals surface area contributed by atoms with Gasteiger partial charge in [0.15, 0.2) is 0 Å². The highest BCUT2D eigenvalue weighted by Gasteiger charge is 2.34. The number of ether oxygens (including phenoxy) is 1. The van der Waals surface area contributed by atoms with E-state index in [1.54, 1.807) is 13.2 Å². The van der Waals surface area contributed by atoms with Gasteiger partial charge in [0.25, 0.3) is 11.1 Å². The first kappa shape index (κ1) is 17.6. The number of nitrogens with one attached hydrogen (secondary N) is 1. The van der Waals surface area contributed by atoms with Crippen molar-refractivity contribution in [2.75, 3.05) is 19.1 Å². The van der Waals surface area contributed by atoms with Crippen LogP contribution in [0, 0.1) is 0 Å². The SMILES string of the molecule is COc1ccccc1NCN1C(=O)S/C(=C\c2ccc(Br)cc2)C1=O. The molecule has 7 heteroatoms. The molecule has 0 aliphatic carbocycles. The fourth-order valence-corrected chi connectivity index (χ4v) is 3.40. The van der Waals surface area contributed by atoms with Crippen molar-refractivity contribution in [3.05, 3.63) is 63.5 Å². The van der Waals surface area contributed by atoms with Crippen molar-refractivity contribution in [3.63, 3.8) is 0 Å². The number of halogens is 1. The van der Waals surface area contributed by atoms with E-state index in [9.17, 15) is 9.59 Å². The molecule has 0 bridgehead atoms. The summed E-state index contributed by atoms with van der Waals surface area (Å²) in [5.41, 5.74) is 1.59. The third kappa shape index (κ3) is 4.05. The number of carbonyl (C=O) groups is 2. The molecular formula is C18H15BrN2O3S. The van der Waals surface area contributed by atoms with Crippen molar-refractivity contribution in [3.8, 4) is 5.75 Å². The monoisotopic (exact) mass is 418 g/mol. The van der Waals surface area contributed by atoms with Crippen LogP contribution in [-0.4, -0.2) is 29.8 Å². The van der Waals surface area contributed by atoms with Gasteiger partial charge in [-0.25, -0.2) is 0 Å². The Morgan fingerprint density at radius 1 is 1.16 bits per heavy atom. The standard InChI is InChI=1S/C18H15BrN2O3S/c1-24-15-5-3-2-4-14(15)20-11-21-17(22)16(25-18(21)23)10-12-6-8-13(19)9-7-12/h2-10,20H,11H2,1H3/b16-10-. The van der Waals surface area contributed by atoms with E-state index in [1.165, 1.54) is 4.90 Å². The Labute approximate surface area is 158 Å². The third-order valence-corrected chi connectivity index (χ3v) is 5.01. The smallest absolute Gasteiger partial charge is 0.295 e. The average Bonchev–Trinajstić information content (AvgIpc) is 2.89. The Hall–Kier alpha value is -2.25. The first-order valence-corrected chi connectivity index (χ1v) is 9.07. The van der Waals surface area contributed by atoms with Crippen molar-refractivity contribution >= 4 is 50.6 Å². The molecule has 1 N–H and O–H groups in total. The number of benzene rings is 2. The van der Waals surface area contributed by atoms with Gasteiger partial charge in [0.1, 0.15) is 5.75 Å². The number of nitrogens with zero attached hydrogens (tertiary/aromatic N) is 1. The molecule has 0 radical (unpaired) electrons. The molecule has 1 fully saturated rings. The molecule has 0 spiro atoms. The maximum Gasteiger partial charge on any atom is 0.295 e. The second-order valence-corrected chi connectivity index (χ2v) is 7.11. The fraction of sp³-hybridized carbons (Fsp3) is 0.111. The Balaban J connectivity index is 1.72. The molecular weight excluding hydrogens is 404 g/mol. The van der Waals surface area contributed by atoms with E-state index < -0.39 is 0 Å². The van der Waals surface area contributed by atoms with Crippen LogP contribution in [0.2, 0.25) is 0 Å². The number of rotatable bonds is 5. The lowest BCUT2D eigenvalue weighted by atomic mass is 10.2. The van der Waals surface area contributed by atoms with E-state index in [0.29, 0.717) is 10.7 Å². The Bertz CT molecular complexity index is 836. The summed E-state index contributed by atoms with van der Waals surface area (Å²) in [5, 5.41) is 2.78. The van der Waals surface area contributed by atoms with E-state index in [2.05, 4.69) is 21.2 Å². The molecule has 1 heterocycles. The van der Waals surface area contributed by atoms with Crippen LogP contribution in [-0.2, 0) is 4.79 Å². The lowest BCUT2D eigenvalue weighted by Crippen LogP contribution is -2.33. The fourth-order valence-electron chi connectivity index (χ4n) is 2.30. The molecule has 0 unspecified atom stereocenters. The Morgan fingerprint density at radius 2 is 1.88 bits per heavy atom. The van der Waals surface area contributed by atoms with Crippen LogP contribution < -0.4 is 10.1 Å². The predicted octanol–water partition coefficient (Wildman–Crippen LogP) is 4.56. The van der Waals surface area contributed by atoms with Gasteiger partial charge in [-0.05, 0) is 47.7 Å². The number of anilines is 1. The van der Waals surface area contributed by atoms with Gasteiger partial charge >= 0.3 is 0 Å². The third-order valence-electron chi connectivity index (χ3n) is 3.58. The van der Waals surface area contributed by atoms with Gasteiger partial charge in [-0.2, -0.15) is 0 Å². The van der Waals surface area contributed by atoms with E-state index in [1.807, 2.05) is 48.5 Å². The second kappa shape index (κ2) is 7.76. The number of para-hydroxylation sites is 2. The molecule has 5 nitrogen and oxygen atoms in total. The maximum absolute atomic E-state index is 12.5. The van der Waals surface area contributed by atoms with E-state index in [4.69, 9.17) is 4.74 Å². The Kier molecular flexibility index (Phi) is 5.45. The van der Waals surface area contributed by atoms with Gasteiger partial charge in [0, 0.05) is 4.47 Å². The minimum atomic E-state index is -0.305. The Morgan fingerprint density at radius 3 is 2.60 bits per heavy atom. The molecule has 1 aliphatic heterocycles. The van der Waals surface area contributed by atoms with Gasteiger partial charge in [-0.15, -0.1) is 0 Å². The number of carbonyl (C=O) groups excluding carboxylic acids is 2. The van der Waals surface area contributed by atoms with Crippen molar-refractivity contribution in [1.29, 1.82) is 0 Å². The highest BCUT2D eigenvalue weighted by atomic mass is 79.9. The number of methoxy groups -OCH3 is 1. The summed E-state index contributed by atoms with van der Waals surface area (Å²) in [5.74, 6) is 0.347. The zero-order valence-electron chi connectivity index (χ0n) is 13.4. The second-order valence-electron chi connectivity index (χ2n) is 5.20. The summed E-state index contributed by atoms with van der Waals surface area (Å²) in [7, 11) is 1.57. The van der Waals surface area contributed by atoms with E-state index >= 15 is 0 Å². The lowest BCUT2D eigenvalue weighted by Gasteiger charge is -2.16. The van der Waals surface area contributed by atoms with E-state index in [0.717, 1.165) is 27.5 Å². The van der Waals surface area contributed by atoms with Crippen molar-refractivity contribution in [2.24, 2.45) is 0 Å². The normalized spacial score (nSPS) is 15.8. The van der Waals surface area contributed by atoms with Crippen LogP contribution in [0.3, 0.4) is 0 Å². The molecule has 25 heavy (non-hydrogen) atoms. The lowest BCUT2D eigenvalue weighted by molar-refractivity contribution is -0.122. The van der Waals surface area contributed by atoms with Crippen LogP contribution in [0.5, 0.6) is 5.75 Å². The highest BCUT2D eigenvalue weighted by Crippen LogP contribution is 2.32. The summed E-state index contributed by atoms with van der Waals surface area (Å²) in [6.07, 6.45) is 1.72. The number of thioether (sulfide) groups is 1. The maximum atomic E-state index is 12.5. The topological polar surface area (TPSA) is 58.6 Å². The van der Waals surface area contributed by atoms with E-state index in [-0.39, 0.29) is 17.8 Å². The highest BCUT2D eigenvalue weighted by molar-refractivity contribution is 9.10. The van der Waals surface area contributed by atoms with Crippen molar-refractivity contribution in [1.82, 2.24) is 4.90 Å². The molecule has 0 aromatic heterocycles. The first-order chi connectivity index (χ1) is 12.1. The molecule has 1 aliphatic rings. The summed E-state index contributed by atoms with van der Waals surface area (Å²) >= 11 is 4.31. The van der Waals surface area contributed by atoms with Gasteiger partial charge in [-0.3, -0.25) is 14.5 Å². The minimum absolute atomic E-state index is 0.0860. The van der Waals surface area contributed by atoms with Crippen LogP contribution in [0.15, 0.2) is 57.9 Å².